The number of pyridine rings is 1. The first-order valence-electron chi connectivity index (χ1n) is 8.44. The van der Waals surface area contributed by atoms with Crippen molar-refractivity contribution < 1.29 is 19.1 Å². The van der Waals surface area contributed by atoms with Crippen LogP contribution in [0.3, 0.4) is 0 Å². The first-order chi connectivity index (χ1) is 13.3. The first-order valence-corrected chi connectivity index (χ1v) is 8.44. The first kappa shape index (κ1) is 17.5. The predicted molar refractivity (Wildman–Crippen MR) is 102 cm³/mol. The minimum Gasteiger partial charge on any atom is -0.465 e. The van der Waals surface area contributed by atoms with Gasteiger partial charge in [0.1, 0.15) is 11.6 Å². The Morgan fingerprint density at radius 1 is 1.11 bits per heavy atom. The molecule has 2 amide bonds. The van der Waals surface area contributed by atoms with Crippen LogP contribution in [0.4, 0.5) is 5.69 Å². The highest BCUT2D eigenvalue weighted by Gasteiger charge is 2.38. The normalized spacial score (nSPS) is 14.5. The van der Waals surface area contributed by atoms with Gasteiger partial charge in [0.15, 0.2) is 0 Å². The van der Waals surface area contributed by atoms with E-state index in [0.717, 1.165) is 10.6 Å². The van der Waals surface area contributed by atoms with E-state index in [2.05, 4.69) is 0 Å². The molecule has 0 saturated heterocycles. The number of hydrogen-bond acceptors (Lipinski definition) is 6. The van der Waals surface area contributed by atoms with Gasteiger partial charge >= 0.3 is 5.97 Å². The molecule has 0 aromatic carbocycles. The standard InChI is InChI=1S/C20H16N4O4/c1-22(2)10-7-15-12(17-14(9-21)18(25)23(3)19(17)26)5-11-6-13(20(27)28-4)16(8-10)24(11)15/h5-8H,1-4H3. The zero-order chi connectivity index (χ0) is 20.3. The predicted octanol–water partition coefficient (Wildman–Crippen LogP) is 1.66. The Hall–Kier alpha value is -3.86. The Labute approximate surface area is 160 Å². The smallest absolute Gasteiger partial charge is 0.340 e. The zero-order valence-corrected chi connectivity index (χ0v) is 15.7. The van der Waals surface area contributed by atoms with Crippen LogP contribution in [-0.4, -0.2) is 55.3 Å². The third-order valence-electron chi connectivity index (χ3n) is 5.04. The molecule has 0 aliphatic carbocycles. The van der Waals surface area contributed by atoms with E-state index >= 15 is 0 Å². The number of nitrogens with zero attached hydrogens (tertiary/aromatic N) is 4. The van der Waals surface area contributed by atoms with Crippen molar-refractivity contribution in [3.05, 3.63) is 41.0 Å². The van der Waals surface area contributed by atoms with Gasteiger partial charge in [0.05, 0.1) is 29.3 Å². The molecule has 8 nitrogen and oxygen atoms in total. The van der Waals surface area contributed by atoms with Crippen molar-refractivity contribution >= 4 is 45.6 Å². The lowest BCUT2D eigenvalue weighted by Crippen LogP contribution is -2.26. The van der Waals surface area contributed by atoms with Gasteiger partial charge in [0.25, 0.3) is 11.8 Å². The van der Waals surface area contributed by atoms with E-state index in [1.165, 1.54) is 14.2 Å². The number of ether oxygens (including phenoxy) is 1. The molecule has 0 saturated carbocycles. The molecular formula is C20H16N4O4. The van der Waals surface area contributed by atoms with Crippen molar-refractivity contribution in [1.29, 1.82) is 5.26 Å². The van der Waals surface area contributed by atoms with Crippen LogP contribution in [0.5, 0.6) is 0 Å². The number of esters is 1. The summed E-state index contributed by atoms with van der Waals surface area (Å²) < 4.78 is 6.71. The van der Waals surface area contributed by atoms with Crippen LogP contribution in [-0.2, 0) is 14.3 Å². The number of likely N-dealkylation sites (N-methyl/N-ethyl adjacent to an activating group) is 1. The number of hydrogen-bond donors (Lipinski definition) is 0. The van der Waals surface area contributed by atoms with Gasteiger partial charge < -0.3 is 14.0 Å². The number of carbonyl (C=O) groups is 3. The number of imide groups is 1. The molecule has 3 aromatic rings. The van der Waals surface area contributed by atoms with Gasteiger partial charge in [-0.2, -0.15) is 5.26 Å². The molecule has 0 fully saturated rings. The summed E-state index contributed by atoms with van der Waals surface area (Å²) in [7, 11) is 6.39. The number of amides is 2. The average Bonchev–Trinajstić information content (AvgIpc) is 3.29. The van der Waals surface area contributed by atoms with Gasteiger partial charge in [0, 0.05) is 37.9 Å². The van der Waals surface area contributed by atoms with Crippen LogP contribution < -0.4 is 4.90 Å². The molecule has 8 heteroatoms. The lowest BCUT2D eigenvalue weighted by molar-refractivity contribution is -0.135. The number of anilines is 1. The van der Waals surface area contributed by atoms with Gasteiger partial charge in [-0.1, -0.05) is 0 Å². The molecule has 0 radical (unpaired) electrons. The summed E-state index contributed by atoms with van der Waals surface area (Å²) in [6.45, 7) is 0. The number of nitriles is 1. The molecule has 4 rings (SSSR count). The minimum absolute atomic E-state index is 0.0792. The Morgan fingerprint density at radius 3 is 2.39 bits per heavy atom. The SMILES string of the molecule is COC(=O)c1cc2cc(C3=C(C#N)C(=O)N(C)C3=O)c3cc(N(C)C)cc1n23. The van der Waals surface area contributed by atoms with Gasteiger partial charge in [-0.15, -0.1) is 0 Å². The van der Waals surface area contributed by atoms with E-state index < -0.39 is 17.8 Å². The molecule has 4 heterocycles. The maximum Gasteiger partial charge on any atom is 0.340 e. The molecule has 0 N–H and O–H groups in total. The summed E-state index contributed by atoms with van der Waals surface area (Å²) in [4.78, 5) is 39.9. The Balaban J connectivity index is 2.11. The second kappa shape index (κ2) is 5.82. The third kappa shape index (κ3) is 2.13. The summed E-state index contributed by atoms with van der Waals surface area (Å²) in [5, 5.41) is 9.45. The van der Waals surface area contributed by atoms with Crippen molar-refractivity contribution in [2.75, 3.05) is 33.2 Å². The summed E-state index contributed by atoms with van der Waals surface area (Å²) in [5.74, 6) is -1.60. The lowest BCUT2D eigenvalue weighted by Gasteiger charge is -2.14. The quantitative estimate of drug-likeness (QED) is 0.510. The number of rotatable bonds is 3. The fraction of sp³-hybridized carbons (Fsp3) is 0.200. The van der Waals surface area contributed by atoms with Gasteiger partial charge in [-0.05, 0) is 24.3 Å². The molecule has 0 atom stereocenters. The van der Waals surface area contributed by atoms with Gasteiger partial charge in [-0.25, -0.2) is 4.79 Å². The fourth-order valence-corrected chi connectivity index (χ4v) is 3.60. The molecule has 0 unspecified atom stereocenters. The summed E-state index contributed by atoms with van der Waals surface area (Å²) >= 11 is 0. The third-order valence-corrected chi connectivity index (χ3v) is 5.04. The van der Waals surface area contributed by atoms with Crippen LogP contribution >= 0.6 is 0 Å². The van der Waals surface area contributed by atoms with E-state index in [9.17, 15) is 19.6 Å². The Kier molecular flexibility index (Phi) is 3.65. The van der Waals surface area contributed by atoms with Crippen LogP contribution in [0.15, 0.2) is 29.8 Å². The van der Waals surface area contributed by atoms with Crippen LogP contribution in [0.25, 0.3) is 22.1 Å². The van der Waals surface area contributed by atoms with E-state index in [1.54, 1.807) is 12.1 Å². The average molecular weight is 376 g/mol. The highest BCUT2D eigenvalue weighted by atomic mass is 16.5. The molecule has 1 aliphatic rings. The van der Waals surface area contributed by atoms with E-state index in [0.29, 0.717) is 27.7 Å². The van der Waals surface area contributed by atoms with Crippen molar-refractivity contribution in [3.63, 3.8) is 0 Å². The Morgan fingerprint density at radius 2 is 1.79 bits per heavy atom. The highest BCUT2D eigenvalue weighted by Crippen LogP contribution is 2.38. The molecular weight excluding hydrogens is 360 g/mol. The summed E-state index contributed by atoms with van der Waals surface area (Å²) in [5.41, 5.74) is 3.51. The maximum atomic E-state index is 12.7. The minimum atomic E-state index is -0.616. The highest BCUT2D eigenvalue weighted by molar-refractivity contribution is 6.38. The summed E-state index contributed by atoms with van der Waals surface area (Å²) in [6, 6.07) is 8.96. The van der Waals surface area contributed by atoms with Gasteiger partial charge in [-0.3, -0.25) is 14.5 Å². The zero-order valence-electron chi connectivity index (χ0n) is 15.7. The molecule has 3 aromatic heterocycles. The summed E-state index contributed by atoms with van der Waals surface area (Å²) in [6.07, 6.45) is 0. The van der Waals surface area contributed by atoms with Gasteiger partial charge in [0.2, 0.25) is 0 Å². The molecule has 28 heavy (non-hydrogen) atoms. The van der Waals surface area contributed by atoms with Crippen molar-refractivity contribution in [3.8, 4) is 6.07 Å². The van der Waals surface area contributed by atoms with Crippen molar-refractivity contribution in [1.82, 2.24) is 9.30 Å². The monoisotopic (exact) mass is 376 g/mol. The van der Waals surface area contributed by atoms with Crippen molar-refractivity contribution in [2.24, 2.45) is 0 Å². The van der Waals surface area contributed by atoms with E-state index in [4.69, 9.17) is 4.74 Å². The lowest BCUT2D eigenvalue weighted by atomic mass is 10.0. The van der Waals surface area contributed by atoms with Crippen LogP contribution in [0.1, 0.15) is 15.9 Å². The Bertz CT molecular complexity index is 1260. The molecule has 140 valence electrons. The maximum absolute atomic E-state index is 12.7. The molecule has 1 aliphatic heterocycles. The second-order valence-corrected chi connectivity index (χ2v) is 6.78. The second-order valence-electron chi connectivity index (χ2n) is 6.78. The topological polar surface area (TPSA) is 95.1 Å². The number of methoxy groups -OCH3 is 1. The van der Waals surface area contributed by atoms with E-state index in [-0.39, 0.29) is 11.1 Å². The van der Waals surface area contributed by atoms with Crippen LogP contribution in [0.2, 0.25) is 0 Å². The van der Waals surface area contributed by atoms with E-state index in [1.807, 2.05) is 41.6 Å². The fourth-order valence-electron chi connectivity index (χ4n) is 3.60. The van der Waals surface area contributed by atoms with Crippen LogP contribution in [0, 0.1) is 11.3 Å². The molecule has 0 spiro atoms. The largest absolute Gasteiger partial charge is 0.465 e. The number of carbonyl (C=O) groups excluding carboxylic acids is 3. The number of aromatic nitrogens is 1. The van der Waals surface area contributed by atoms with Crippen molar-refractivity contribution in [2.45, 2.75) is 0 Å². The molecule has 0 bridgehead atoms.